The Morgan fingerprint density at radius 1 is 1.32 bits per heavy atom. The fourth-order valence-corrected chi connectivity index (χ4v) is 2.02. The molecule has 1 aromatic carbocycles. The van der Waals surface area contributed by atoms with Gasteiger partial charge in [-0.1, -0.05) is 5.16 Å². The molecule has 0 atom stereocenters. The first-order chi connectivity index (χ1) is 9.24. The predicted octanol–water partition coefficient (Wildman–Crippen LogP) is 2.73. The third-order valence-electron chi connectivity index (χ3n) is 2.94. The first-order valence-corrected chi connectivity index (χ1v) is 6.03. The summed E-state index contributed by atoms with van der Waals surface area (Å²) in [7, 11) is 0. The van der Waals surface area contributed by atoms with E-state index in [1.54, 1.807) is 6.20 Å². The van der Waals surface area contributed by atoms with Crippen molar-refractivity contribution in [3.05, 3.63) is 48.0 Å². The average molecular weight is 254 g/mol. The van der Waals surface area contributed by atoms with Crippen LogP contribution >= 0.6 is 0 Å². The fourth-order valence-electron chi connectivity index (χ4n) is 2.02. The van der Waals surface area contributed by atoms with E-state index in [1.165, 1.54) is 0 Å². The number of rotatable bonds is 3. The lowest BCUT2D eigenvalue weighted by Gasteiger charge is -2.09. The molecule has 5 heteroatoms. The highest BCUT2D eigenvalue weighted by Gasteiger charge is 2.06. The molecule has 0 saturated carbocycles. The lowest BCUT2D eigenvalue weighted by molar-refractivity contribution is 0.391. The number of benzene rings is 1. The first-order valence-electron chi connectivity index (χ1n) is 6.03. The van der Waals surface area contributed by atoms with Crippen molar-refractivity contribution < 1.29 is 4.52 Å². The van der Waals surface area contributed by atoms with E-state index in [0.717, 1.165) is 33.7 Å². The van der Waals surface area contributed by atoms with Gasteiger partial charge in [-0.25, -0.2) is 0 Å². The molecule has 0 saturated heterocycles. The minimum Gasteiger partial charge on any atom is -0.398 e. The van der Waals surface area contributed by atoms with Crippen molar-refractivity contribution >= 4 is 22.3 Å². The Morgan fingerprint density at radius 3 is 3.00 bits per heavy atom. The lowest BCUT2D eigenvalue weighted by Crippen LogP contribution is -2.01. The van der Waals surface area contributed by atoms with E-state index in [1.807, 2.05) is 37.3 Å². The minimum atomic E-state index is 0.590. The number of nitrogens with zero attached hydrogens (tertiary/aromatic N) is 2. The number of aryl methyl sites for hydroxylation is 1. The van der Waals surface area contributed by atoms with Gasteiger partial charge in [0, 0.05) is 23.3 Å². The molecule has 5 nitrogen and oxygen atoms in total. The molecular weight excluding hydrogens is 240 g/mol. The van der Waals surface area contributed by atoms with Crippen molar-refractivity contribution in [3.63, 3.8) is 0 Å². The normalized spacial score (nSPS) is 10.8. The van der Waals surface area contributed by atoms with Crippen molar-refractivity contribution in [3.8, 4) is 0 Å². The SMILES string of the molecule is Cc1cc(CNc2ccc(N)c3cccnc23)no1. The molecule has 2 aromatic heterocycles. The van der Waals surface area contributed by atoms with E-state index in [4.69, 9.17) is 10.3 Å². The molecule has 0 radical (unpaired) electrons. The summed E-state index contributed by atoms with van der Waals surface area (Å²) in [5.41, 5.74) is 9.33. The smallest absolute Gasteiger partial charge is 0.133 e. The van der Waals surface area contributed by atoms with Crippen LogP contribution in [0.15, 0.2) is 41.1 Å². The van der Waals surface area contributed by atoms with Gasteiger partial charge in [-0.2, -0.15) is 0 Å². The fraction of sp³-hybridized carbons (Fsp3) is 0.143. The van der Waals surface area contributed by atoms with Gasteiger partial charge in [0.15, 0.2) is 0 Å². The molecule has 0 spiro atoms. The minimum absolute atomic E-state index is 0.590. The van der Waals surface area contributed by atoms with E-state index in [2.05, 4.69) is 15.5 Å². The second-order valence-electron chi connectivity index (χ2n) is 4.38. The Hall–Kier alpha value is -2.56. The maximum absolute atomic E-state index is 5.94. The van der Waals surface area contributed by atoms with Gasteiger partial charge < -0.3 is 15.6 Å². The Morgan fingerprint density at radius 2 is 2.21 bits per heavy atom. The van der Waals surface area contributed by atoms with Crippen LogP contribution in [0.3, 0.4) is 0 Å². The molecule has 3 rings (SSSR count). The van der Waals surface area contributed by atoms with Gasteiger partial charge >= 0.3 is 0 Å². The van der Waals surface area contributed by atoms with Gasteiger partial charge in [0.2, 0.25) is 0 Å². The molecule has 0 fully saturated rings. The van der Waals surface area contributed by atoms with Gasteiger partial charge in [0.05, 0.1) is 17.7 Å². The zero-order valence-corrected chi connectivity index (χ0v) is 10.6. The van der Waals surface area contributed by atoms with Crippen LogP contribution in [0.1, 0.15) is 11.5 Å². The zero-order valence-electron chi connectivity index (χ0n) is 10.6. The standard InChI is InChI=1S/C14H14N4O/c1-9-7-10(18-19-9)8-17-13-5-4-12(15)11-3-2-6-16-14(11)13/h2-7,17H,8,15H2,1H3. The number of nitrogens with one attached hydrogen (secondary N) is 1. The number of pyridine rings is 1. The Labute approximate surface area is 110 Å². The summed E-state index contributed by atoms with van der Waals surface area (Å²) in [5.74, 6) is 0.803. The van der Waals surface area contributed by atoms with Crippen LogP contribution in [0.25, 0.3) is 10.9 Å². The van der Waals surface area contributed by atoms with Crippen LogP contribution in [0, 0.1) is 6.92 Å². The van der Waals surface area contributed by atoms with Crippen LogP contribution < -0.4 is 11.1 Å². The Bertz CT molecular complexity index is 720. The van der Waals surface area contributed by atoms with Gasteiger partial charge in [0.25, 0.3) is 0 Å². The molecule has 0 unspecified atom stereocenters. The molecule has 19 heavy (non-hydrogen) atoms. The summed E-state index contributed by atoms with van der Waals surface area (Å²) in [6, 6.07) is 9.55. The second-order valence-corrected chi connectivity index (χ2v) is 4.38. The number of nitrogen functional groups attached to an aromatic ring is 1. The summed E-state index contributed by atoms with van der Waals surface area (Å²) in [4.78, 5) is 4.37. The summed E-state index contributed by atoms with van der Waals surface area (Å²) in [6.45, 7) is 2.46. The van der Waals surface area contributed by atoms with Crippen molar-refractivity contribution in [1.29, 1.82) is 0 Å². The maximum atomic E-state index is 5.94. The van der Waals surface area contributed by atoms with Crippen molar-refractivity contribution in [2.75, 3.05) is 11.1 Å². The van der Waals surface area contributed by atoms with Crippen LogP contribution in [0.5, 0.6) is 0 Å². The quantitative estimate of drug-likeness (QED) is 0.703. The largest absolute Gasteiger partial charge is 0.398 e. The van der Waals surface area contributed by atoms with E-state index >= 15 is 0 Å². The number of anilines is 2. The second kappa shape index (κ2) is 4.61. The monoisotopic (exact) mass is 254 g/mol. The molecule has 2 heterocycles. The molecule has 0 amide bonds. The number of aromatic nitrogens is 2. The molecule has 96 valence electrons. The van der Waals surface area contributed by atoms with Gasteiger partial charge in [-0.3, -0.25) is 4.98 Å². The van der Waals surface area contributed by atoms with E-state index in [-0.39, 0.29) is 0 Å². The lowest BCUT2D eigenvalue weighted by atomic mass is 10.1. The molecular formula is C14H14N4O. The maximum Gasteiger partial charge on any atom is 0.133 e. The van der Waals surface area contributed by atoms with Crippen molar-refractivity contribution in [2.24, 2.45) is 0 Å². The Balaban J connectivity index is 1.91. The van der Waals surface area contributed by atoms with Crippen LogP contribution in [-0.2, 0) is 6.54 Å². The van der Waals surface area contributed by atoms with E-state index in [0.29, 0.717) is 6.54 Å². The highest BCUT2D eigenvalue weighted by Crippen LogP contribution is 2.26. The highest BCUT2D eigenvalue weighted by atomic mass is 16.5. The molecule has 0 aliphatic carbocycles. The van der Waals surface area contributed by atoms with Crippen molar-refractivity contribution in [1.82, 2.24) is 10.1 Å². The Kier molecular flexibility index (Phi) is 2.79. The van der Waals surface area contributed by atoms with E-state index < -0.39 is 0 Å². The first kappa shape index (κ1) is 11.5. The third-order valence-corrected chi connectivity index (χ3v) is 2.94. The van der Waals surface area contributed by atoms with Crippen LogP contribution in [0.4, 0.5) is 11.4 Å². The summed E-state index contributed by atoms with van der Waals surface area (Å²) in [6.07, 6.45) is 1.76. The topological polar surface area (TPSA) is 77.0 Å². The van der Waals surface area contributed by atoms with Crippen LogP contribution in [-0.4, -0.2) is 10.1 Å². The zero-order chi connectivity index (χ0) is 13.2. The number of nitrogens with two attached hydrogens (primary N) is 1. The predicted molar refractivity (Wildman–Crippen MR) is 74.7 cm³/mol. The van der Waals surface area contributed by atoms with Gasteiger partial charge in [-0.05, 0) is 31.2 Å². The van der Waals surface area contributed by atoms with Crippen LogP contribution in [0.2, 0.25) is 0 Å². The van der Waals surface area contributed by atoms with E-state index in [9.17, 15) is 0 Å². The number of hydrogen-bond donors (Lipinski definition) is 2. The highest BCUT2D eigenvalue weighted by molar-refractivity contribution is 5.98. The molecule has 0 aliphatic rings. The summed E-state index contributed by atoms with van der Waals surface area (Å²) in [5, 5.41) is 8.20. The number of fused-ring (bicyclic) bond motifs is 1. The molecule has 3 aromatic rings. The molecule has 0 bridgehead atoms. The van der Waals surface area contributed by atoms with Crippen molar-refractivity contribution in [2.45, 2.75) is 13.5 Å². The number of hydrogen-bond acceptors (Lipinski definition) is 5. The molecule has 3 N–H and O–H groups in total. The average Bonchev–Trinajstić information content (AvgIpc) is 2.84. The third kappa shape index (κ3) is 2.22. The summed E-state index contributed by atoms with van der Waals surface area (Å²) >= 11 is 0. The summed E-state index contributed by atoms with van der Waals surface area (Å²) < 4.78 is 5.03. The van der Waals surface area contributed by atoms with Gasteiger partial charge in [-0.15, -0.1) is 0 Å². The molecule has 0 aliphatic heterocycles. The van der Waals surface area contributed by atoms with Gasteiger partial charge in [0.1, 0.15) is 11.5 Å².